The van der Waals surface area contributed by atoms with Gasteiger partial charge in [-0.05, 0) is 43.3 Å². The number of carbonyl (C=O) groups is 1. The molecule has 1 amide bonds. The number of nitrogens with zero attached hydrogens (tertiary/aromatic N) is 2. The zero-order valence-electron chi connectivity index (χ0n) is 15.7. The second-order valence-electron chi connectivity index (χ2n) is 6.06. The number of rotatable bonds is 8. The highest BCUT2D eigenvalue weighted by atomic mass is 35.5. The van der Waals surface area contributed by atoms with Gasteiger partial charge in [-0.3, -0.25) is 14.2 Å². The highest BCUT2D eigenvalue weighted by molar-refractivity contribution is 6.38. The van der Waals surface area contributed by atoms with Gasteiger partial charge in [0.15, 0.2) is 0 Å². The number of hydrogen-bond donors (Lipinski definition) is 1. The Morgan fingerprint density at radius 3 is 2.52 bits per heavy atom. The highest BCUT2D eigenvalue weighted by Gasteiger charge is 2.11. The van der Waals surface area contributed by atoms with Crippen molar-refractivity contribution in [3.63, 3.8) is 0 Å². The number of aromatic nitrogens is 2. The molecule has 0 fully saturated rings. The fourth-order valence-corrected chi connectivity index (χ4v) is 3.22. The van der Waals surface area contributed by atoms with Gasteiger partial charge in [0.25, 0.3) is 5.56 Å². The van der Waals surface area contributed by atoms with E-state index < -0.39 is 0 Å². The number of hydrogen-bond acceptors (Lipinski definition) is 5. The molecule has 1 aromatic heterocycles. The SMILES string of the molecule is CCOc1ccc(OCCNC(=O)Cn2cnc3c(Cl)cc(Cl)cc3c2=O)cc1. The summed E-state index contributed by atoms with van der Waals surface area (Å²) in [4.78, 5) is 28.8. The zero-order chi connectivity index (χ0) is 20.8. The third-order valence-electron chi connectivity index (χ3n) is 3.99. The van der Waals surface area contributed by atoms with Crippen molar-refractivity contribution >= 4 is 40.0 Å². The van der Waals surface area contributed by atoms with Crippen LogP contribution in [0.2, 0.25) is 10.0 Å². The summed E-state index contributed by atoms with van der Waals surface area (Å²) in [6.45, 7) is 2.92. The number of amides is 1. The van der Waals surface area contributed by atoms with Gasteiger partial charge in [-0.25, -0.2) is 4.98 Å². The van der Waals surface area contributed by atoms with Crippen LogP contribution in [0.25, 0.3) is 10.9 Å². The Hall–Kier alpha value is -2.77. The number of carbonyl (C=O) groups excluding carboxylic acids is 1. The number of fused-ring (bicyclic) bond motifs is 1. The molecule has 2 aromatic carbocycles. The molecule has 1 heterocycles. The lowest BCUT2D eigenvalue weighted by Gasteiger charge is -2.10. The molecule has 0 aliphatic rings. The van der Waals surface area contributed by atoms with Crippen LogP contribution in [-0.2, 0) is 11.3 Å². The minimum atomic E-state index is -0.389. The first-order valence-corrected chi connectivity index (χ1v) is 9.70. The minimum absolute atomic E-state index is 0.172. The van der Waals surface area contributed by atoms with Gasteiger partial charge < -0.3 is 14.8 Å². The normalized spacial score (nSPS) is 10.7. The highest BCUT2D eigenvalue weighted by Crippen LogP contribution is 2.23. The van der Waals surface area contributed by atoms with Crippen LogP contribution in [0.15, 0.2) is 47.5 Å². The fourth-order valence-electron chi connectivity index (χ4n) is 2.68. The molecule has 0 unspecified atom stereocenters. The quantitative estimate of drug-likeness (QED) is 0.548. The topological polar surface area (TPSA) is 82.4 Å². The van der Waals surface area contributed by atoms with E-state index in [1.54, 1.807) is 12.1 Å². The average molecular weight is 436 g/mol. The summed E-state index contributed by atoms with van der Waals surface area (Å²) in [5.41, 5.74) is -0.0401. The number of halogens is 2. The molecular formula is C20H19Cl2N3O4. The monoisotopic (exact) mass is 435 g/mol. The summed E-state index contributed by atoms with van der Waals surface area (Å²) in [6.07, 6.45) is 1.29. The molecule has 1 N–H and O–H groups in total. The van der Waals surface area contributed by atoms with Crippen LogP contribution in [0.3, 0.4) is 0 Å². The summed E-state index contributed by atoms with van der Waals surface area (Å²) < 4.78 is 12.1. The number of ether oxygens (including phenoxy) is 2. The van der Waals surface area contributed by atoms with E-state index in [-0.39, 0.29) is 35.0 Å². The number of benzene rings is 2. The summed E-state index contributed by atoms with van der Waals surface area (Å²) in [5, 5.41) is 3.58. The van der Waals surface area contributed by atoms with Crippen LogP contribution in [-0.4, -0.2) is 35.2 Å². The first-order valence-electron chi connectivity index (χ1n) is 8.94. The van der Waals surface area contributed by atoms with Gasteiger partial charge in [-0.2, -0.15) is 0 Å². The molecule has 3 aromatic rings. The second kappa shape index (κ2) is 9.62. The molecule has 0 aliphatic carbocycles. The summed E-state index contributed by atoms with van der Waals surface area (Å²) in [5.74, 6) is 1.10. The molecule has 152 valence electrons. The van der Waals surface area contributed by atoms with Crippen LogP contribution < -0.4 is 20.3 Å². The van der Waals surface area contributed by atoms with E-state index in [1.807, 2.05) is 19.1 Å². The Balaban J connectivity index is 1.53. The Kier molecular flexibility index (Phi) is 6.95. The lowest BCUT2D eigenvalue weighted by molar-refractivity contribution is -0.121. The van der Waals surface area contributed by atoms with Gasteiger partial charge in [-0.1, -0.05) is 23.2 Å². The third kappa shape index (κ3) is 5.40. The van der Waals surface area contributed by atoms with Gasteiger partial charge in [0.2, 0.25) is 5.91 Å². The maximum Gasteiger partial charge on any atom is 0.261 e. The minimum Gasteiger partial charge on any atom is -0.494 e. The molecule has 0 aliphatic heterocycles. The Morgan fingerprint density at radius 2 is 1.83 bits per heavy atom. The van der Waals surface area contributed by atoms with Gasteiger partial charge in [0.05, 0.1) is 35.4 Å². The Morgan fingerprint density at radius 1 is 1.14 bits per heavy atom. The molecule has 9 heteroatoms. The molecular weight excluding hydrogens is 417 g/mol. The largest absolute Gasteiger partial charge is 0.494 e. The lowest BCUT2D eigenvalue weighted by atomic mass is 10.2. The molecule has 0 atom stereocenters. The third-order valence-corrected chi connectivity index (χ3v) is 4.49. The van der Waals surface area contributed by atoms with E-state index in [2.05, 4.69) is 10.3 Å². The summed E-state index contributed by atoms with van der Waals surface area (Å²) >= 11 is 12.0. The number of nitrogens with one attached hydrogen (secondary N) is 1. The molecule has 0 spiro atoms. The van der Waals surface area contributed by atoms with Crippen LogP contribution in [0.5, 0.6) is 11.5 Å². The van der Waals surface area contributed by atoms with Crippen molar-refractivity contribution in [2.75, 3.05) is 19.8 Å². The van der Waals surface area contributed by atoms with Crippen molar-refractivity contribution in [1.29, 1.82) is 0 Å². The van der Waals surface area contributed by atoms with E-state index in [0.29, 0.717) is 29.4 Å². The van der Waals surface area contributed by atoms with E-state index in [1.165, 1.54) is 23.0 Å². The second-order valence-corrected chi connectivity index (χ2v) is 6.91. The van der Waals surface area contributed by atoms with E-state index in [0.717, 1.165) is 5.75 Å². The maximum absolute atomic E-state index is 12.5. The molecule has 7 nitrogen and oxygen atoms in total. The molecule has 0 bridgehead atoms. The predicted octanol–water partition coefficient (Wildman–Crippen LogP) is 3.30. The maximum atomic E-state index is 12.5. The summed E-state index contributed by atoms with van der Waals surface area (Å²) in [6, 6.07) is 10.2. The molecule has 0 radical (unpaired) electrons. The van der Waals surface area contributed by atoms with Crippen LogP contribution in [0, 0.1) is 0 Å². The first kappa shape index (κ1) is 21.0. The van der Waals surface area contributed by atoms with Crippen molar-refractivity contribution in [2.24, 2.45) is 0 Å². The first-order chi connectivity index (χ1) is 14.0. The standard InChI is InChI=1S/C20H19Cl2N3O4/c1-2-28-14-3-5-15(6-4-14)29-8-7-23-18(26)11-25-12-24-19-16(20(25)27)9-13(21)10-17(19)22/h3-6,9-10,12H,2,7-8,11H2,1H3,(H,23,26). The average Bonchev–Trinajstić information content (AvgIpc) is 2.69. The van der Waals surface area contributed by atoms with Crippen molar-refractivity contribution in [2.45, 2.75) is 13.5 Å². The van der Waals surface area contributed by atoms with Gasteiger partial charge in [0, 0.05) is 5.02 Å². The van der Waals surface area contributed by atoms with Gasteiger partial charge in [-0.15, -0.1) is 0 Å². The van der Waals surface area contributed by atoms with E-state index >= 15 is 0 Å². The van der Waals surface area contributed by atoms with Crippen LogP contribution in [0.1, 0.15) is 6.92 Å². The molecule has 0 saturated carbocycles. The smallest absolute Gasteiger partial charge is 0.261 e. The zero-order valence-corrected chi connectivity index (χ0v) is 17.2. The Labute approximate surface area is 177 Å². The van der Waals surface area contributed by atoms with E-state index in [4.69, 9.17) is 32.7 Å². The van der Waals surface area contributed by atoms with Gasteiger partial charge >= 0.3 is 0 Å². The van der Waals surface area contributed by atoms with Crippen LogP contribution in [0.4, 0.5) is 0 Å². The van der Waals surface area contributed by atoms with E-state index in [9.17, 15) is 9.59 Å². The van der Waals surface area contributed by atoms with Gasteiger partial charge in [0.1, 0.15) is 24.7 Å². The Bertz CT molecular complexity index is 1070. The fraction of sp³-hybridized carbons (Fsp3) is 0.250. The summed E-state index contributed by atoms with van der Waals surface area (Å²) in [7, 11) is 0. The van der Waals surface area contributed by atoms with Crippen molar-refractivity contribution in [1.82, 2.24) is 14.9 Å². The van der Waals surface area contributed by atoms with Crippen molar-refractivity contribution < 1.29 is 14.3 Å². The molecule has 29 heavy (non-hydrogen) atoms. The lowest BCUT2D eigenvalue weighted by Crippen LogP contribution is -2.34. The van der Waals surface area contributed by atoms with Crippen molar-refractivity contribution in [3.8, 4) is 11.5 Å². The predicted molar refractivity (Wildman–Crippen MR) is 112 cm³/mol. The molecule has 3 rings (SSSR count). The van der Waals surface area contributed by atoms with Crippen LogP contribution >= 0.6 is 23.2 Å². The molecule has 0 saturated heterocycles. The van der Waals surface area contributed by atoms with Crippen molar-refractivity contribution in [3.05, 3.63) is 63.1 Å².